The minimum Gasteiger partial charge on any atom is -0.426 e. The molecule has 0 saturated heterocycles. The maximum Gasteiger partial charge on any atom is 0.460 e. The molecular weight excluding hydrogens is 649 g/mol. The van der Waals surface area contributed by atoms with E-state index in [1.165, 1.54) is 0 Å². The number of alkyl halides is 21. The topological polar surface area (TPSA) is 50.9 Å². The molecule has 0 aliphatic heterocycles. The van der Waals surface area contributed by atoms with E-state index in [4.69, 9.17) is 0 Å². The Morgan fingerprint density at radius 2 is 1.00 bits per heavy atom. The average Bonchev–Trinajstić information content (AvgIpc) is 3.13. The Balaban J connectivity index is 2.73. The second kappa shape index (κ2) is 8.97. The van der Waals surface area contributed by atoms with Crippen molar-refractivity contribution in [2.24, 2.45) is 0 Å². The number of hydrogen-bond donors (Lipinski definition) is 1. The number of fused-ring (bicyclic) bond motifs is 1. The van der Waals surface area contributed by atoms with Gasteiger partial charge in [0.2, 0.25) is 5.82 Å². The lowest BCUT2D eigenvalue weighted by atomic mass is 9.87. The van der Waals surface area contributed by atoms with Crippen molar-refractivity contribution in [3.05, 3.63) is 23.7 Å². The number of rotatable bonds is 9. The van der Waals surface area contributed by atoms with E-state index in [1.54, 1.807) is 0 Å². The molecule has 0 amide bonds. The van der Waals surface area contributed by atoms with E-state index in [0.717, 1.165) is 0 Å². The second-order valence-electron chi connectivity index (χ2n) is 7.76. The Kier molecular flexibility index (Phi) is 7.47. The van der Waals surface area contributed by atoms with E-state index in [9.17, 15) is 97.4 Å². The molecule has 2 aromatic rings. The molecule has 0 radical (unpaired) electrons. The molecule has 41 heavy (non-hydrogen) atoms. The van der Waals surface area contributed by atoms with Crippen molar-refractivity contribution in [1.82, 2.24) is 14.7 Å². The van der Waals surface area contributed by atoms with Gasteiger partial charge in [0.1, 0.15) is 5.52 Å². The maximum absolute atomic E-state index is 14.4. The Hall–Kier alpha value is -3.05. The molecule has 0 unspecified atom stereocenters. The van der Waals surface area contributed by atoms with Crippen LogP contribution in [0, 0.1) is 0 Å². The molecule has 0 saturated carbocycles. The molecule has 0 atom stereocenters. The summed E-state index contributed by atoms with van der Waals surface area (Å²) in [7, 11) is 0. The summed E-state index contributed by atoms with van der Waals surface area (Å²) in [5.41, 5.74) is -6.38. The van der Waals surface area contributed by atoms with Crippen molar-refractivity contribution >= 4 is 11.2 Å². The van der Waals surface area contributed by atoms with Gasteiger partial charge in [-0.05, 0) is 6.07 Å². The lowest BCUT2D eigenvalue weighted by Crippen LogP contribution is -2.74. The summed E-state index contributed by atoms with van der Waals surface area (Å²) in [5.74, 6) is -66.7. The molecule has 2 heterocycles. The van der Waals surface area contributed by atoms with Gasteiger partial charge < -0.3 is 5.21 Å². The number of nitrogens with zero attached hydrogens (tertiary/aromatic N) is 3. The van der Waals surface area contributed by atoms with Crippen molar-refractivity contribution in [2.45, 2.75) is 60.0 Å². The highest BCUT2D eigenvalue weighted by atomic mass is 19.4. The van der Waals surface area contributed by atoms with E-state index in [1.807, 2.05) is 0 Å². The number of imidazole rings is 1. The van der Waals surface area contributed by atoms with Crippen LogP contribution in [0.2, 0.25) is 0 Å². The third-order valence-corrected chi connectivity index (χ3v) is 5.14. The highest BCUT2D eigenvalue weighted by Gasteiger charge is 2.95. The SMILES string of the molecule is On1c(C(F)(F)C(F)F)nc2ncc(C(F)(F)C(F)(F)C(F)(F)C(F)(F)C(F)(F)C(F)(F)C(F)(F)C(F)(F)F)cc21. The van der Waals surface area contributed by atoms with Crippen LogP contribution in [-0.2, 0) is 11.8 Å². The number of aromatic nitrogens is 3. The van der Waals surface area contributed by atoms with Crippen LogP contribution in [0.5, 0.6) is 0 Å². The molecule has 0 spiro atoms. The zero-order valence-electron chi connectivity index (χ0n) is 18.0. The van der Waals surface area contributed by atoms with Gasteiger partial charge in [-0.1, -0.05) is 0 Å². The van der Waals surface area contributed by atoms with E-state index >= 15 is 0 Å². The predicted octanol–water partition coefficient (Wildman–Crippen LogP) is 7.49. The van der Waals surface area contributed by atoms with Gasteiger partial charge in [-0.15, -0.1) is 0 Å². The monoisotopic (exact) mass is 653 g/mol. The fraction of sp³-hybridized carbons (Fsp3) is 0.625. The molecule has 2 rings (SSSR count). The zero-order valence-corrected chi connectivity index (χ0v) is 18.0. The van der Waals surface area contributed by atoms with E-state index in [-0.39, 0.29) is 0 Å². The summed E-state index contributed by atoms with van der Waals surface area (Å²) in [5, 5.41) is 9.45. The zero-order chi connectivity index (χ0) is 32.8. The summed E-state index contributed by atoms with van der Waals surface area (Å²) in [6.45, 7) is 0. The highest BCUT2D eigenvalue weighted by molar-refractivity contribution is 5.72. The van der Waals surface area contributed by atoms with Crippen molar-refractivity contribution in [3.8, 4) is 0 Å². The fourth-order valence-corrected chi connectivity index (χ4v) is 2.78. The second-order valence-corrected chi connectivity index (χ2v) is 7.76. The molecule has 25 heteroatoms. The molecule has 0 fully saturated rings. The molecule has 236 valence electrons. The molecule has 0 aromatic carbocycles. The van der Waals surface area contributed by atoms with Crippen molar-refractivity contribution in [3.63, 3.8) is 0 Å². The lowest BCUT2D eigenvalue weighted by Gasteiger charge is -2.42. The van der Waals surface area contributed by atoms with Crippen LogP contribution in [-0.4, -0.2) is 68.0 Å². The van der Waals surface area contributed by atoms with Gasteiger partial charge in [0.05, 0.1) is 0 Å². The van der Waals surface area contributed by atoms with Crippen LogP contribution in [0.1, 0.15) is 11.4 Å². The summed E-state index contributed by atoms with van der Waals surface area (Å²) in [6.07, 6.45) is -13.5. The van der Waals surface area contributed by atoms with Gasteiger partial charge in [0, 0.05) is 11.8 Å². The number of halogens is 21. The molecule has 2 aromatic heterocycles. The van der Waals surface area contributed by atoms with Crippen LogP contribution in [0.15, 0.2) is 12.3 Å². The third kappa shape index (κ3) is 4.26. The third-order valence-electron chi connectivity index (χ3n) is 5.14. The van der Waals surface area contributed by atoms with E-state index < -0.39 is 99.5 Å². The first-order valence-corrected chi connectivity index (χ1v) is 9.26. The normalized spacial score (nSPS) is 15.8. The summed E-state index contributed by atoms with van der Waals surface area (Å²) < 4.78 is 278. The first-order chi connectivity index (χ1) is 17.8. The van der Waals surface area contributed by atoms with Gasteiger partial charge in [0.15, 0.2) is 5.65 Å². The molecular formula is C16H4F21N3O. The highest BCUT2D eigenvalue weighted by Crippen LogP contribution is 2.65. The number of hydrogen-bond acceptors (Lipinski definition) is 3. The van der Waals surface area contributed by atoms with Crippen LogP contribution in [0.3, 0.4) is 0 Å². The summed E-state index contributed by atoms with van der Waals surface area (Å²) >= 11 is 0. The molecule has 0 aliphatic carbocycles. The lowest BCUT2D eigenvalue weighted by molar-refractivity contribution is -0.462. The Morgan fingerprint density at radius 3 is 1.39 bits per heavy atom. The fourth-order valence-electron chi connectivity index (χ4n) is 2.78. The minimum absolute atomic E-state index is 0.855. The molecule has 0 aliphatic rings. The molecule has 0 bridgehead atoms. The Bertz CT molecular complexity index is 1290. The molecule has 1 N–H and O–H groups in total. The van der Waals surface area contributed by atoms with Gasteiger partial charge >= 0.3 is 60.0 Å². The van der Waals surface area contributed by atoms with Crippen molar-refractivity contribution in [1.29, 1.82) is 0 Å². The van der Waals surface area contributed by atoms with Crippen molar-refractivity contribution in [2.75, 3.05) is 0 Å². The smallest absolute Gasteiger partial charge is 0.426 e. The van der Waals surface area contributed by atoms with Crippen LogP contribution >= 0.6 is 0 Å². The summed E-state index contributed by atoms with van der Waals surface area (Å²) in [4.78, 5) is 5.01. The van der Waals surface area contributed by atoms with Crippen LogP contribution in [0.4, 0.5) is 92.2 Å². The first-order valence-electron chi connectivity index (χ1n) is 9.26. The van der Waals surface area contributed by atoms with Crippen LogP contribution < -0.4 is 0 Å². The Labute approximate surface area is 208 Å². The standard InChI is InChI=1S/C16H4F21N3O/c17-6(18)8(19,20)7-39-5-4(40(7)41)1-3(2-38-5)9(21,22)10(23,24)11(25,26)12(27,28)13(29,30)14(31,32)15(33,34)16(35,36)37/h1-2,6,41H. The van der Waals surface area contributed by atoms with E-state index in [2.05, 4.69) is 9.97 Å². The van der Waals surface area contributed by atoms with Gasteiger partial charge in [-0.3, -0.25) is 0 Å². The molecule has 4 nitrogen and oxygen atoms in total. The predicted molar refractivity (Wildman–Crippen MR) is 84.2 cm³/mol. The van der Waals surface area contributed by atoms with E-state index in [0.29, 0.717) is 0 Å². The van der Waals surface area contributed by atoms with Crippen LogP contribution in [0.25, 0.3) is 11.2 Å². The quantitative estimate of drug-likeness (QED) is 0.226. The summed E-state index contributed by atoms with van der Waals surface area (Å²) in [6, 6.07) is -0.868. The van der Waals surface area contributed by atoms with Gasteiger partial charge in [-0.2, -0.15) is 88.1 Å². The number of pyridine rings is 1. The van der Waals surface area contributed by atoms with Crippen molar-refractivity contribution < 1.29 is 97.4 Å². The Morgan fingerprint density at radius 1 is 0.610 bits per heavy atom. The maximum atomic E-state index is 14.4. The van der Waals surface area contributed by atoms with Gasteiger partial charge in [-0.25, -0.2) is 18.7 Å². The largest absolute Gasteiger partial charge is 0.460 e. The minimum atomic E-state index is -8.87. The first kappa shape index (κ1) is 34.2. The van der Waals surface area contributed by atoms with Gasteiger partial charge in [0.25, 0.3) is 0 Å². The average molecular weight is 653 g/mol.